The molecule has 0 saturated carbocycles. The summed E-state index contributed by atoms with van der Waals surface area (Å²) in [6, 6.07) is 11.2. The Balaban J connectivity index is 1.60. The van der Waals surface area contributed by atoms with E-state index >= 15 is 0 Å². The summed E-state index contributed by atoms with van der Waals surface area (Å²) in [5.41, 5.74) is 1.37. The maximum atomic E-state index is 5.88. The van der Waals surface area contributed by atoms with Crippen molar-refractivity contribution in [2.45, 2.75) is 31.8 Å². The number of halogens is 1. The van der Waals surface area contributed by atoms with Crippen LogP contribution in [0, 0.1) is 0 Å². The standard InChI is InChI=1S/C17H21ClN4/c18-16-11-19-12-17(21-16)20-10-15-8-4-5-9-22(15)13-14-6-2-1-3-7-14/h1-3,6-7,11-12,15H,4-5,8-10,13H2,(H,20,21). The molecule has 22 heavy (non-hydrogen) atoms. The van der Waals surface area contributed by atoms with Gasteiger partial charge in [-0.2, -0.15) is 0 Å². The highest BCUT2D eigenvalue weighted by molar-refractivity contribution is 6.29. The number of aromatic nitrogens is 2. The molecule has 2 heterocycles. The quantitative estimate of drug-likeness (QED) is 0.915. The van der Waals surface area contributed by atoms with Crippen LogP contribution >= 0.6 is 11.6 Å². The average Bonchev–Trinajstić information content (AvgIpc) is 2.55. The molecule has 0 aliphatic carbocycles. The molecule has 1 saturated heterocycles. The molecule has 1 fully saturated rings. The summed E-state index contributed by atoms with van der Waals surface area (Å²) in [6.45, 7) is 3.04. The van der Waals surface area contributed by atoms with Gasteiger partial charge in [-0.3, -0.25) is 9.88 Å². The molecule has 1 aromatic heterocycles. The lowest BCUT2D eigenvalue weighted by Gasteiger charge is -2.36. The second kappa shape index (κ2) is 7.56. The van der Waals surface area contributed by atoms with Gasteiger partial charge in [0, 0.05) is 19.1 Å². The molecule has 4 nitrogen and oxygen atoms in total. The third kappa shape index (κ3) is 4.18. The zero-order valence-corrected chi connectivity index (χ0v) is 13.3. The number of hydrogen-bond donors (Lipinski definition) is 1. The predicted molar refractivity (Wildman–Crippen MR) is 90.0 cm³/mol. The summed E-state index contributed by atoms with van der Waals surface area (Å²) in [4.78, 5) is 10.9. The zero-order valence-electron chi connectivity index (χ0n) is 12.6. The van der Waals surface area contributed by atoms with Crippen LogP contribution in [0.2, 0.25) is 5.15 Å². The van der Waals surface area contributed by atoms with E-state index in [1.165, 1.54) is 24.8 Å². The first-order chi connectivity index (χ1) is 10.8. The Kier molecular flexibility index (Phi) is 5.24. The first-order valence-corrected chi connectivity index (χ1v) is 8.18. The van der Waals surface area contributed by atoms with Gasteiger partial charge in [0.15, 0.2) is 0 Å². The van der Waals surface area contributed by atoms with Crippen LogP contribution < -0.4 is 5.32 Å². The lowest BCUT2D eigenvalue weighted by molar-refractivity contribution is 0.148. The van der Waals surface area contributed by atoms with E-state index in [0.717, 1.165) is 25.5 Å². The van der Waals surface area contributed by atoms with E-state index in [4.69, 9.17) is 11.6 Å². The summed E-state index contributed by atoms with van der Waals surface area (Å²) >= 11 is 5.88. The van der Waals surface area contributed by atoms with Crippen molar-refractivity contribution < 1.29 is 0 Å². The van der Waals surface area contributed by atoms with E-state index in [0.29, 0.717) is 11.2 Å². The monoisotopic (exact) mass is 316 g/mol. The van der Waals surface area contributed by atoms with Crippen molar-refractivity contribution in [3.8, 4) is 0 Å². The summed E-state index contributed by atoms with van der Waals surface area (Å²) in [5, 5.41) is 3.80. The molecule has 0 spiro atoms. The van der Waals surface area contributed by atoms with E-state index in [1.54, 1.807) is 12.4 Å². The Morgan fingerprint density at radius 1 is 1.18 bits per heavy atom. The molecular formula is C17H21ClN4. The molecule has 116 valence electrons. The number of nitrogens with one attached hydrogen (secondary N) is 1. The fraction of sp³-hybridized carbons (Fsp3) is 0.412. The second-order valence-electron chi connectivity index (χ2n) is 5.71. The van der Waals surface area contributed by atoms with Gasteiger partial charge in [0.05, 0.1) is 12.4 Å². The fourth-order valence-electron chi connectivity index (χ4n) is 2.97. The Morgan fingerprint density at radius 3 is 2.86 bits per heavy atom. The van der Waals surface area contributed by atoms with Gasteiger partial charge in [0.1, 0.15) is 11.0 Å². The Hall–Kier alpha value is -1.65. The van der Waals surface area contributed by atoms with Crippen molar-refractivity contribution in [3.05, 3.63) is 53.4 Å². The molecule has 1 unspecified atom stereocenters. The summed E-state index contributed by atoms with van der Waals surface area (Å²) in [7, 11) is 0. The Bertz CT molecular complexity index is 590. The topological polar surface area (TPSA) is 41.1 Å². The normalized spacial score (nSPS) is 19.0. The van der Waals surface area contributed by atoms with E-state index in [-0.39, 0.29) is 0 Å². The lowest BCUT2D eigenvalue weighted by atomic mass is 10.0. The first kappa shape index (κ1) is 15.3. The largest absolute Gasteiger partial charge is 0.367 e. The molecule has 1 aliphatic rings. The Morgan fingerprint density at radius 2 is 2.05 bits per heavy atom. The average molecular weight is 317 g/mol. The number of piperidine rings is 1. The van der Waals surface area contributed by atoms with Crippen LogP contribution in [0.15, 0.2) is 42.7 Å². The van der Waals surface area contributed by atoms with Crippen molar-refractivity contribution in [2.75, 3.05) is 18.4 Å². The summed E-state index contributed by atoms with van der Waals surface area (Å²) < 4.78 is 0. The zero-order chi connectivity index (χ0) is 15.2. The molecule has 0 radical (unpaired) electrons. The van der Waals surface area contributed by atoms with Gasteiger partial charge in [0.25, 0.3) is 0 Å². The minimum atomic E-state index is 0.426. The van der Waals surface area contributed by atoms with Gasteiger partial charge in [-0.05, 0) is 24.9 Å². The minimum Gasteiger partial charge on any atom is -0.367 e. The molecule has 0 bridgehead atoms. The van der Waals surface area contributed by atoms with Crippen LogP contribution in [0.5, 0.6) is 0 Å². The van der Waals surface area contributed by atoms with Crippen molar-refractivity contribution in [1.82, 2.24) is 14.9 Å². The van der Waals surface area contributed by atoms with Gasteiger partial charge in [-0.25, -0.2) is 4.98 Å². The molecule has 1 aliphatic heterocycles. The summed E-state index contributed by atoms with van der Waals surface area (Å²) in [5.74, 6) is 0.748. The molecular weight excluding hydrogens is 296 g/mol. The number of likely N-dealkylation sites (tertiary alicyclic amines) is 1. The minimum absolute atomic E-state index is 0.426. The second-order valence-corrected chi connectivity index (χ2v) is 6.10. The van der Waals surface area contributed by atoms with Crippen LogP contribution in [0.25, 0.3) is 0 Å². The molecule has 3 rings (SSSR count). The third-order valence-corrected chi connectivity index (χ3v) is 4.28. The highest BCUT2D eigenvalue weighted by Crippen LogP contribution is 2.20. The Labute approximate surface area is 136 Å². The number of anilines is 1. The SMILES string of the molecule is Clc1cncc(NCC2CCCCN2Cc2ccccc2)n1. The third-order valence-electron chi connectivity index (χ3n) is 4.10. The van der Waals surface area contributed by atoms with Crippen molar-refractivity contribution in [3.63, 3.8) is 0 Å². The molecule has 5 heteroatoms. The molecule has 1 N–H and O–H groups in total. The number of benzene rings is 1. The maximum absolute atomic E-state index is 5.88. The fourth-order valence-corrected chi connectivity index (χ4v) is 3.11. The smallest absolute Gasteiger partial charge is 0.149 e. The van der Waals surface area contributed by atoms with Crippen LogP contribution in [-0.2, 0) is 6.54 Å². The van der Waals surface area contributed by atoms with Gasteiger partial charge in [0.2, 0.25) is 0 Å². The van der Waals surface area contributed by atoms with Crippen LogP contribution in [0.1, 0.15) is 24.8 Å². The van der Waals surface area contributed by atoms with E-state index in [2.05, 4.69) is 50.5 Å². The molecule has 1 aromatic carbocycles. The van der Waals surface area contributed by atoms with Crippen LogP contribution in [-0.4, -0.2) is 34.0 Å². The summed E-state index contributed by atoms with van der Waals surface area (Å²) in [6.07, 6.45) is 7.05. The molecule has 1 atom stereocenters. The number of nitrogens with zero attached hydrogens (tertiary/aromatic N) is 3. The van der Waals surface area contributed by atoms with Crippen LogP contribution in [0.3, 0.4) is 0 Å². The van der Waals surface area contributed by atoms with Gasteiger partial charge < -0.3 is 5.32 Å². The van der Waals surface area contributed by atoms with Gasteiger partial charge in [-0.15, -0.1) is 0 Å². The van der Waals surface area contributed by atoms with Crippen molar-refractivity contribution in [1.29, 1.82) is 0 Å². The highest BCUT2D eigenvalue weighted by atomic mass is 35.5. The van der Waals surface area contributed by atoms with E-state index in [9.17, 15) is 0 Å². The van der Waals surface area contributed by atoms with Crippen LogP contribution in [0.4, 0.5) is 5.82 Å². The number of hydrogen-bond acceptors (Lipinski definition) is 4. The number of rotatable bonds is 5. The van der Waals surface area contributed by atoms with Crippen molar-refractivity contribution in [2.24, 2.45) is 0 Å². The van der Waals surface area contributed by atoms with Gasteiger partial charge >= 0.3 is 0 Å². The van der Waals surface area contributed by atoms with Gasteiger partial charge in [-0.1, -0.05) is 48.4 Å². The lowest BCUT2D eigenvalue weighted by Crippen LogP contribution is -2.43. The maximum Gasteiger partial charge on any atom is 0.149 e. The molecule has 0 amide bonds. The van der Waals surface area contributed by atoms with E-state index < -0.39 is 0 Å². The predicted octanol–water partition coefficient (Wildman–Crippen LogP) is 3.60. The van der Waals surface area contributed by atoms with E-state index in [1.807, 2.05) is 0 Å². The highest BCUT2D eigenvalue weighted by Gasteiger charge is 2.22. The van der Waals surface area contributed by atoms with Crippen molar-refractivity contribution >= 4 is 17.4 Å². The first-order valence-electron chi connectivity index (χ1n) is 7.80. The molecule has 2 aromatic rings.